The summed E-state index contributed by atoms with van der Waals surface area (Å²) in [6.07, 6.45) is 1.69. The van der Waals surface area contributed by atoms with Crippen LogP contribution in [0, 0.1) is 0 Å². The Morgan fingerprint density at radius 3 is 2.09 bits per heavy atom. The summed E-state index contributed by atoms with van der Waals surface area (Å²) in [6, 6.07) is 5.65. The normalized spacial score (nSPS) is 17.2. The van der Waals surface area contributed by atoms with Crippen molar-refractivity contribution in [3.05, 3.63) is 24.3 Å². The van der Waals surface area contributed by atoms with E-state index < -0.39 is 20.0 Å². The molecule has 0 unspecified atom stereocenters. The van der Waals surface area contributed by atoms with Crippen LogP contribution in [-0.4, -0.2) is 51.6 Å². The van der Waals surface area contributed by atoms with Gasteiger partial charge >= 0.3 is 0 Å². The molecule has 0 radical (unpaired) electrons. The van der Waals surface area contributed by atoms with Crippen LogP contribution >= 0.6 is 0 Å². The van der Waals surface area contributed by atoms with Crippen LogP contribution in [-0.2, 0) is 20.0 Å². The molecule has 22 heavy (non-hydrogen) atoms. The van der Waals surface area contributed by atoms with Crippen LogP contribution in [0.2, 0.25) is 0 Å². The molecule has 1 aliphatic heterocycles. The molecule has 0 spiro atoms. The number of nitrogens with zero attached hydrogens (tertiary/aromatic N) is 2. The van der Waals surface area contributed by atoms with E-state index in [0.29, 0.717) is 26.2 Å². The minimum atomic E-state index is -3.66. The van der Waals surface area contributed by atoms with Crippen molar-refractivity contribution in [2.24, 2.45) is 0 Å². The summed E-state index contributed by atoms with van der Waals surface area (Å²) < 4.78 is 52.8. The number of benzene rings is 1. The molecule has 0 N–H and O–H groups in total. The van der Waals surface area contributed by atoms with Crippen molar-refractivity contribution >= 4 is 20.0 Å². The molecule has 1 aromatic rings. The molecular formula is C14H22N2O4S2. The van der Waals surface area contributed by atoms with Crippen molar-refractivity contribution in [2.45, 2.75) is 36.5 Å². The highest BCUT2D eigenvalue weighted by Crippen LogP contribution is 2.24. The molecular weight excluding hydrogens is 324 g/mol. The highest BCUT2D eigenvalue weighted by atomic mass is 32.2. The molecule has 0 atom stereocenters. The van der Waals surface area contributed by atoms with Gasteiger partial charge in [0.15, 0.2) is 0 Å². The van der Waals surface area contributed by atoms with Gasteiger partial charge < -0.3 is 0 Å². The topological polar surface area (TPSA) is 74.8 Å². The van der Waals surface area contributed by atoms with Gasteiger partial charge in [-0.05, 0) is 31.0 Å². The lowest BCUT2D eigenvalue weighted by Gasteiger charge is -2.20. The van der Waals surface area contributed by atoms with Crippen molar-refractivity contribution in [1.82, 2.24) is 8.61 Å². The third-order valence-corrected chi connectivity index (χ3v) is 7.79. The fourth-order valence-corrected chi connectivity index (χ4v) is 5.73. The largest absolute Gasteiger partial charge is 0.243 e. The van der Waals surface area contributed by atoms with E-state index in [4.69, 9.17) is 0 Å². The Morgan fingerprint density at radius 2 is 1.55 bits per heavy atom. The summed E-state index contributed by atoms with van der Waals surface area (Å²) in [4.78, 5) is 0.0686. The minimum Gasteiger partial charge on any atom is -0.207 e. The van der Waals surface area contributed by atoms with Gasteiger partial charge in [-0.3, -0.25) is 0 Å². The molecule has 0 amide bonds. The van der Waals surface area contributed by atoms with E-state index in [0.717, 1.165) is 12.8 Å². The Morgan fingerprint density at radius 1 is 1.00 bits per heavy atom. The molecule has 0 bridgehead atoms. The maximum atomic E-state index is 12.5. The third kappa shape index (κ3) is 3.19. The predicted molar refractivity (Wildman–Crippen MR) is 84.5 cm³/mol. The lowest BCUT2D eigenvalue weighted by Crippen LogP contribution is -2.31. The average molecular weight is 346 g/mol. The molecule has 1 aromatic carbocycles. The molecule has 0 saturated carbocycles. The molecule has 0 aliphatic carbocycles. The smallest absolute Gasteiger partial charge is 0.207 e. The fraction of sp³-hybridized carbons (Fsp3) is 0.571. The zero-order valence-corrected chi connectivity index (χ0v) is 14.5. The highest BCUT2D eigenvalue weighted by Gasteiger charge is 2.29. The predicted octanol–water partition coefficient (Wildman–Crippen LogP) is 1.50. The standard InChI is InChI=1S/C14H22N2O4S2/c1-3-15(4-2)21(17,18)13-8-7-9-14(12-13)22(19,20)16-10-5-6-11-16/h7-9,12H,3-6,10-11H2,1-2H3. The second kappa shape index (κ2) is 6.66. The van der Waals surface area contributed by atoms with Crippen molar-refractivity contribution in [3.63, 3.8) is 0 Å². The van der Waals surface area contributed by atoms with Gasteiger partial charge in [-0.2, -0.15) is 8.61 Å². The lowest BCUT2D eigenvalue weighted by molar-refractivity contribution is 0.445. The average Bonchev–Trinajstić information content (AvgIpc) is 3.03. The molecule has 1 aliphatic rings. The maximum Gasteiger partial charge on any atom is 0.243 e. The van der Waals surface area contributed by atoms with Gasteiger partial charge in [-0.1, -0.05) is 19.9 Å². The Bertz CT molecular complexity index is 672. The van der Waals surface area contributed by atoms with E-state index in [-0.39, 0.29) is 9.79 Å². The van der Waals surface area contributed by atoms with Gasteiger partial charge in [0.05, 0.1) is 9.79 Å². The summed E-state index contributed by atoms with van der Waals surface area (Å²) >= 11 is 0. The Hall–Kier alpha value is -0.960. The number of rotatable bonds is 6. The summed E-state index contributed by atoms with van der Waals surface area (Å²) in [7, 11) is -7.27. The molecule has 1 heterocycles. The first-order valence-corrected chi connectivity index (χ1v) is 10.3. The van der Waals surface area contributed by atoms with E-state index in [2.05, 4.69) is 0 Å². The third-order valence-electron chi connectivity index (χ3n) is 3.85. The number of hydrogen-bond donors (Lipinski definition) is 0. The summed E-state index contributed by atoms with van der Waals surface area (Å²) in [5, 5.41) is 0. The molecule has 8 heteroatoms. The first-order chi connectivity index (χ1) is 10.3. The lowest BCUT2D eigenvalue weighted by atomic mass is 10.4. The number of sulfonamides is 2. The molecule has 1 saturated heterocycles. The summed E-state index contributed by atoms with van der Waals surface area (Å²) in [5.41, 5.74) is 0. The Kier molecular flexibility index (Phi) is 5.26. The quantitative estimate of drug-likeness (QED) is 0.782. The minimum absolute atomic E-state index is 0.0245. The van der Waals surface area contributed by atoms with Gasteiger partial charge in [0, 0.05) is 26.2 Å². The fourth-order valence-electron chi connectivity index (χ4n) is 2.59. The van der Waals surface area contributed by atoms with Gasteiger partial charge in [0.1, 0.15) is 0 Å². The monoisotopic (exact) mass is 346 g/mol. The van der Waals surface area contributed by atoms with Crippen LogP contribution in [0.25, 0.3) is 0 Å². The second-order valence-electron chi connectivity index (χ2n) is 5.18. The first-order valence-electron chi connectivity index (χ1n) is 7.44. The van der Waals surface area contributed by atoms with Gasteiger partial charge in [-0.25, -0.2) is 16.8 Å². The SMILES string of the molecule is CCN(CC)S(=O)(=O)c1cccc(S(=O)(=O)N2CCCC2)c1. The van der Waals surface area contributed by atoms with Crippen LogP contribution in [0.3, 0.4) is 0 Å². The van der Waals surface area contributed by atoms with E-state index in [1.165, 1.54) is 32.9 Å². The van der Waals surface area contributed by atoms with E-state index in [1.807, 2.05) is 0 Å². The molecule has 0 aromatic heterocycles. The van der Waals surface area contributed by atoms with E-state index in [1.54, 1.807) is 13.8 Å². The van der Waals surface area contributed by atoms with Crippen molar-refractivity contribution in [2.75, 3.05) is 26.2 Å². The molecule has 6 nitrogen and oxygen atoms in total. The van der Waals surface area contributed by atoms with E-state index >= 15 is 0 Å². The summed E-state index contributed by atoms with van der Waals surface area (Å²) in [5.74, 6) is 0. The van der Waals surface area contributed by atoms with Crippen LogP contribution in [0.15, 0.2) is 34.1 Å². The second-order valence-corrected chi connectivity index (χ2v) is 9.05. The van der Waals surface area contributed by atoms with Crippen molar-refractivity contribution in [3.8, 4) is 0 Å². The van der Waals surface area contributed by atoms with Crippen molar-refractivity contribution in [1.29, 1.82) is 0 Å². The summed E-state index contributed by atoms with van der Waals surface area (Å²) in [6.45, 7) is 5.20. The zero-order valence-electron chi connectivity index (χ0n) is 12.9. The van der Waals surface area contributed by atoms with Crippen LogP contribution in [0.5, 0.6) is 0 Å². The van der Waals surface area contributed by atoms with Gasteiger partial charge in [0.25, 0.3) is 0 Å². The molecule has 124 valence electrons. The van der Waals surface area contributed by atoms with Gasteiger partial charge in [-0.15, -0.1) is 0 Å². The molecule has 1 fully saturated rings. The zero-order chi connectivity index (χ0) is 16.4. The van der Waals surface area contributed by atoms with E-state index in [9.17, 15) is 16.8 Å². The van der Waals surface area contributed by atoms with Crippen LogP contribution in [0.1, 0.15) is 26.7 Å². The number of hydrogen-bond acceptors (Lipinski definition) is 4. The van der Waals surface area contributed by atoms with Gasteiger partial charge in [0.2, 0.25) is 20.0 Å². The van der Waals surface area contributed by atoms with Crippen LogP contribution in [0.4, 0.5) is 0 Å². The Labute approximate surface area is 132 Å². The maximum absolute atomic E-state index is 12.5. The van der Waals surface area contributed by atoms with Crippen molar-refractivity contribution < 1.29 is 16.8 Å². The Balaban J connectivity index is 2.43. The highest BCUT2D eigenvalue weighted by molar-refractivity contribution is 7.90. The van der Waals surface area contributed by atoms with Crippen LogP contribution < -0.4 is 0 Å². The first kappa shape index (κ1) is 17.4. The molecule has 2 rings (SSSR count).